The van der Waals surface area contributed by atoms with Crippen molar-refractivity contribution in [1.29, 1.82) is 0 Å². The number of nitrogens with zero attached hydrogens (tertiary/aromatic N) is 1. The normalized spacial score (nSPS) is 19.0. The van der Waals surface area contributed by atoms with Gasteiger partial charge in [0.2, 0.25) is 0 Å². The van der Waals surface area contributed by atoms with Crippen molar-refractivity contribution in [2.24, 2.45) is 0 Å². The van der Waals surface area contributed by atoms with E-state index in [0.29, 0.717) is 0 Å². The zero-order chi connectivity index (χ0) is 18.5. The van der Waals surface area contributed by atoms with Gasteiger partial charge in [0, 0.05) is 0 Å². The Bertz CT molecular complexity index is 376. The van der Waals surface area contributed by atoms with Crippen molar-refractivity contribution < 1.29 is 9.53 Å². The number of rotatable bonds is 13. The summed E-state index contributed by atoms with van der Waals surface area (Å²) in [4.78, 5) is 13.6. The standard InChI is InChI=1S/C9H14NO2.3C4H9.Sn/c1-3-5-10-6-4-9(7-10)12-8(2)11;3*1-3-4-2;/h1,3,9H,4-7H2,2H3;3*1,3-4H2,2H3;/t9-;;;;/m1..../s1. The maximum atomic E-state index is 11.1. The van der Waals surface area contributed by atoms with Gasteiger partial charge in [-0.15, -0.1) is 0 Å². The number of unbranched alkanes of at least 4 members (excludes halogenated alkanes) is 3. The number of carbonyl (C=O) groups is 1. The average molecular weight is 458 g/mol. The van der Waals surface area contributed by atoms with E-state index >= 15 is 0 Å². The second-order valence-electron chi connectivity index (χ2n) is 7.86. The molecule has 1 aliphatic rings. The second-order valence-corrected chi connectivity index (χ2v) is 20.9. The molecule has 1 rings (SSSR count). The van der Waals surface area contributed by atoms with Crippen molar-refractivity contribution in [3.8, 4) is 0 Å². The molecule has 0 unspecified atom stereocenters. The fourth-order valence-electron chi connectivity index (χ4n) is 3.96. The third-order valence-corrected chi connectivity index (χ3v) is 19.7. The van der Waals surface area contributed by atoms with Gasteiger partial charge in [0.1, 0.15) is 0 Å². The summed E-state index contributed by atoms with van der Waals surface area (Å²) in [7, 11) is 0. The average Bonchev–Trinajstić information content (AvgIpc) is 3.02. The van der Waals surface area contributed by atoms with Crippen molar-refractivity contribution in [3.05, 3.63) is 10.2 Å². The molecule has 4 heteroatoms. The molecular formula is C21H41NO2Sn. The van der Waals surface area contributed by atoms with Crippen LogP contribution in [0.4, 0.5) is 0 Å². The van der Waals surface area contributed by atoms with Crippen molar-refractivity contribution in [2.45, 2.75) is 92.1 Å². The summed E-state index contributed by atoms with van der Waals surface area (Å²) in [5, 5.41) is 0. The minimum atomic E-state index is -2.12. The van der Waals surface area contributed by atoms with Crippen molar-refractivity contribution in [1.82, 2.24) is 4.90 Å². The van der Waals surface area contributed by atoms with Crippen LogP contribution in [0, 0.1) is 0 Å². The Hall–Kier alpha value is -0.0313. The van der Waals surface area contributed by atoms with E-state index in [1.54, 1.807) is 0 Å². The number of esters is 1. The van der Waals surface area contributed by atoms with Gasteiger partial charge >= 0.3 is 161 Å². The van der Waals surface area contributed by atoms with Crippen LogP contribution in [0.5, 0.6) is 0 Å². The summed E-state index contributed by atoms with van der Waals surface area (Å²) < 4.78 is 12.7. The van der Waals surface area contributed by atoms with E-state index in [4.69, 9.17) is 4.74 Å². The number of ether oxygens (including phenoxy) is 1. The van der Waals surface area contributed by atoms with Gasteiger partial charge in [-0.05, 0) is 0 Å². The molecule has 0 N–H and O–H groups in total. The topological polar surface area (TPSA) is 29.5 Å². The predicted octanol–water partition coefficient (Wildman–Crippen LogP) is 5.57. The summed E-state index contributed by atoms with van der Waals surface area (Å²) >= 11 is -2.12. The molecule has 0 aliphatic carbocycles. The number of hydrogen-bond donors (Lipinski definition) is 0. The fourth-order valence-corrected chi connectivity index (χ4v) is 18.3. The van der Waals surface area contributed by atoms with Crippen LogP contribution in [-0.4, -0.2) is 55.0 Å². The fraction of sp³-hybridized carbons (Fsp3) is 0.857. The molecule has 1 aliphatic heterocycles. The Morgan fingerprint density at radius 3 is 2.12 bits per heavy atom. The van der Waals surface area contributed by atoms with Gasteiger partial charge in [0.05, 0.1) is 0 Å². The van der Waals surface area contributed by atoms with Gasteiger partial charge in [-0.25, -0.2) is 0 Å². The third-order valence-electron chi connectivity index (χ3n) is 5.48. The van der Waals surface area contributed by atoms with E-state index in [1.165, 1.54) is 58.8 Å². The Morgan fingerprint density at radius 2 is 1.64 bits per heavy atom. The number of hydrogen-bond acceptors (Lipinski definition) is 3. The zero-order valence-electron chi connectivity index (χ0n) is 17.2. The molecule has 146 valence electrons. The Morgan fingerprint density at radius 1 is 1.08 bits per heavy atom. The van der Waals surface area contributed by atoms with E-state index in [1.807, 2.05) is 0 Å². The Labute approximate surface area is 160 Å². The first kappa shape index (κ1) is 23.0. The number of carbonyl (C=O) groups excluding carboxylic acids is 1. The van der Waals surface area contributed by atoms with Crippen LogP contribution < -0.4 is 0 Å². The summed E-state index contributed by atoms with van der Waals surface area (Å²) in [5.74, 6) is -0.142. The van der Waals surface area contributed by atoms with E-state index in [9.17, 15) is 4.79 Å². The van der Waals surface area contributed by atoms with Crippen molar-refractivity contribution in [2.75, 3.05) is 19.6 Å². The minimum absolute atomic E-state index is 0.111. The van der Waals surface area contributed by atoms with E-state index in [-0.39, 0.29) is 12.1 Å². The molecule has 0 saturated carbocycles. The molecule has 0 bridgehead atoms. The second kappa shape index (κ2) is 13.2. The van der Waals surface area contributed by atoms with Gasteiger partial charge in [-0.1, -0.05) is 0 Å². The van der Waals surface area contributed by atoms with Crippen LogP contribution >= 0.6 is 0 Å². The third kappa shape index (κ3) is 9.46. The zero-order valence-corrected chi connectivity index (χ0v) is 20.0. The Balaban J connectivity index is 2.61. The summed E-state index contributed by atoms with van der Waals surface area (Å²) in [6.45, 7) is 11.5. The van der Waals surface area contributed by atoms with E-state index in [2.05, 4.69) is 35.8 Å². The molecular weight excluding hydrogens is 417 g/mol. The monoisotopic (exact) mass is 459 g/mol. The van der Waals surface area contributed by atoms with Gasteiger partial charge in [0.25, 0.3) is 0 Å². The van der Waals surface area contributed by atoms with Crippen molar-refractivity contribution in [3.63, 3.8) is 0 Å². The maximum absolute atomic E-state index is 11.1. The molecule has 0 spiro atoms. The van der Waals surface area contributed by atoms with Gasteiger partial charge < -0.3 is 0 Å². The molecule has 0 aromatic heterocycles. The quantitative estimate of drug-likeness (QED) is 0.267. The van der Waals surface area contributed by atoms with E-state index in [0.717, 1.165) is 26.1 Å². The first-order valence-corrected chi connectivity index (χ1v) is 18.3. The van der Waals surface area contributed by atoms with Gasteiger partial charge in [0.15, 0.2) is 0 Å². The van der Waals surface area contributed by atoms with Crippen LogP contribution in [0.1, 0.15) is 72.6 Å². The van der Waals surface area contributed by atoms with E-state index < -0.39 is 18.4 Å². The molecule has 0 radical (unpaired) electrons. The molecule has 3 nitrogen and oxygen atoms in total. The molecule has 1 saturated heterocycles. The summed E-state index contributed by atoms with van der Waals surface area (Å²) in [5.41, 5.74) is 0. The van der Waals surface area contributed by atoms with Gasteiger partial charge in [-0.2, -0.15) is 0 Å². The molecule has 0 amide bonds. The first-order chi connectivity index (χ1) is 12.0. The molecule has 1 fully saturated rings. The van der Waals surface area contributed by atoms with Gasteiger partial charge in [-0.3, -0.25) is 0 Å². The molecule has 25 heavy (non-hydrogen) atoms. The van der Waals surface area contributed by atoms with Crippen LogP contribution in [0.2, 0.25) is 13.3 Å². The molecule has 0 aromatic carbocycles. The van der Waals surface area contributed by atoms with Crippen LogP contribution in [0.15, 0.2) is 10.2 Å². The predicted molar refractivity (Wildman–Crippen MR) is 111 cm³/mol. The van der Waals surface area contributed by atoms with Crippen LogP contribution in [0.3, 0.4) is 0 Å². The summed E-state index contributed by atoms with van der Waals surface area (Å²) in [6, 6.07) is 0. The molecule has 1 atom stereocenters. The molecule has 1 heterocycles. The SMILES string of the molecule is CCC[CH2][Sn](/[CH]=C\CN1CC[C@@H](OC(C)=O)C1)([CH2]CCC)[CH2]CCC. The van der Waals surface area contributed by atoms with Crippen molar-refractivity contribution >= 4 is 24.3 Å². The molecule has 0 aromatic rings. The van der Waals surface area contributed by atoms with Crippen LogP contribution in [0.25, 0.3) is 0 Å². The first-order valence-electron chi connectivity index (χ1n) is 10.6. The summed E-state index contributed by atoms with van der Waals surface area (Å²) in [6.07, 6.45) is 11.9. The number of likely N-dealkylation sites (tertiary alicyclic amines) is 1. The van der Waals surface area contributed by atoms with Crippen LogP contribution in [-0.2, 0) is 9.53 Å². The Kier molecular flexibility index (Phi) is 12.1.